The van der Waals surface area contributed by atoms with Crippen molar-refractivity contribution in [2.45, 2.75) is 44.8 Å². The van der Waals surface area contributed by atoms with E-state index < -0.39 is 0 Å². The normalized spacial score (nSPS) is 18.7. The van der Waals surface area contributed by atoms with E-state index in [9.17, 15) is 4.79 Å². The molecule has 2 rings (SSSR count). The molecule has 0 spiro atoms. The highest BCUT2D eigenvalue weighted by Gasteiger charge is 2.22. The smallest absolute Gasteiger partial charge is 0.237 e. The number of likely N-dealkylation sites (tertiary alicyclic amines) is 1. The van der Waals surface area contributed by atoms with Gasteiger partial charge in [-0.25, -0.2) is 0 Å². The number of hydrogen-bond acceptors (Lipinski definition) is 3. The van der Waals surface area contributed by atoms with Gasteiger partial charge in [0.2, 0.25) is 5.91 Å². The Bertz CT molecular complexity index is 413. The van der Waals surface area contributed by atoms with Gasteiger partial charge in [0.1, 0.15) is 0 Å². The Morgan fingerprint density at radius 2 is 2.00 bits per heavy atom. The largest absolute Gasteiger partial charge is 0.352 e. The van der Waals surface area contributed by atoms with Crippen LogP contribution in [0.5, 0.6) is 0 Å². The number of piperidine rings is 1. The van der Waals surface area contributed by atoms with Gasteiger partial charge in [-0.3, -0.25) is 9.69 Å². The van der Waals surface area contributed by atoms with Crippen molar-refractivity contribution in [3.05, 3.63) is 35.9 Å². The fourth-order valence-electron chi connectivity index (χ4n) is 2.57. The number of nitrogens with two attached hydrogens (primary N) is 1. The molecule has 1 aromatic carbocycles. The van der Waals surface area contributed by atoms with Crippen LogP contribution in [-0.2, 0) is 11.3 Å². The maximum atomic E-state index is 11.8. The van der Waals surface area contributed by atoms with Crippen molar-refractivity contribution in [2.75, 3.05) is 13.1 Å². The van der Waals surface area contributed by atoms with Crippen LogP contribution >= 0.6 is 0 Å². The van der Waals surface area contributed by atoms with E-state index in [0.717, 1.165) is 32.5 Å². The van der Waals surface area contributed by atoms with Crippen LogP contribution in [0.2, 0.25) is 0 Å². The fraction of sp³-hybridized carbons (Fsp3) is 0.562. The van der Waals surface area contributed by atoms with E-state index in [1.807, 2.05) is 13.0 Å². The maximum Gasteiger partial charge on any atom is 0.237 e. The van der Waals surface area contributed by atoms with Gasteiger partial charge in [-0.1, -0.05) is 37.3 Å². The van der Waals surface area contributed by atoms with Gasteiger partial charge in [-0.2, -0.15) is 0 Å². The number of benzene rings is 1. The van der Waals surface area contributed by atoms with Gasteiger partial charge in [0, 0.05) is 25.7 Å². The van der Waals surface area contributed by atoms with Crippen LogP contribution in [0.15, 0.2) is 30.3 Å². The number of nitrogens with one attached hydrogen (secondary N) is 1. The monoisotopic (exact) mass is 275 g/mol. The SMILES string of the molecule is CC[C@H](N)C(=O)NC1CCN(Cc2ccccc2)CC1. The molecule has 1 aliphatic heterocycles. The molecule has 1 atom stereocenters. The molecule has 0 radical (unpaired) electrons. The molecule has 0 aliphatic carbocycles. The molecule has 1 aliphatic rings. The van der Waals surface area contributed by atoms with E-state index in [1.54, 1.807) is 0 Å². The maximum absolute atomic E-state index is 11.8. The average Bonchev–Trinajstić information content (AvgIpc) is 2.49. The number of carbonyl (C=O) groups is 1. The quantitative estimate of drug-likeness (QED) is 0.856. The van der Waals surface area contributed by atoms with E-state index >= 15 is 0 Å². The first-order chi connectivity index (χ1) is 9.69. The van der Waals surface area contributed by atoms with Crippen molar-refractivity contribution in [3.63, 3.8) is 0 Å². The van der Waals surface area contributed by atoms with Crippen LogP contribution in [0.1, 0.15) is 31.7 Å². The Hall–Kier alpha value is -1.39. The summed E-state index contributed by atoms with van der Waals surface area (Å²) >= 11 is 0. The van der Waals surface area contributed by atoms with Crippen molar-refractivity contribution in [3.8, 4) is 0 Å². The molecule has 3 N–H and O–H groups in total. The van der Waals surface area contributed by atoms with Crippen molar-refractivity contribution in [1.82, 2.24) is 10.2 Å². The standard InChI is InChI=1S/C16H25N3O/c1-2-15(17)16(20)18-14-8-10-19(11-9-14)12-13-6-4-3-5-7-13/h3-7,14-15H,2,8-12,17H2,1H3,(H,18,20)/t15-/m0/s1. The van der Waals surface area contributed by atoms with Crippen LogP contribution in [0, 0.1) is 0 Å². The summed E-state index contributed by atoms with van der Waals surface area (Å²) in [6.07, 6.45) is 2.71. The molecule has 0 saturated carbocycles. The molecule has 1 saturated heterocycles. The second-order valence-corrected chi connectivity index (χ2v) is 5.56. The Kier molecular flexibility index (Phi) is 5.56. The molecular formula is C16H25N3O. The summed E-state index contributed by atoms with van der Waals surface area (Å²) in [4.78, 5) is 14.2. The Labute approximate surface area is 121 Å². The summed E-state index contributed by atoms with van der Waals surface area (Å²) in [6, 6.07) is 10.4. The number of amides is 1. The van der Waals surface area contributed by atoms with Crippen molar-refractivity contribution in [1.29, 1.82) is 0 Å². The first-order valence-corrected chi connectivity index (χ1v) is 7.51. The van der Waals surface area contributed by atoms with Gasteiger partial charge in [0.05, 0.1) is 6.04 Å². The van der Waals surface area contributed by atoms with Gasteiger partial charge < -0.3 is 11.1 Å². The summed E-state index contributed by atoms with van der Waals surface area (Å²) in [6.45, 7) is 4.99. The second-order valence-electron chi connectivity index (χ2n) is 5.56. The lowest BCUT2D eigenvalue weighted by atomic mass is 10.0. The second kappa shape index (κ2) is 7.41. The third kappa shape index (κ3) is 4.32. The Morgan fingerprint density at radius 1 is 1.35 bits per heavy atom. The first kappa shape index (κ1) is 15.0. The molecule has 4 heteroatoms. The third-order valence-corrected chi connectivity index (χ3v) is 3.96. The lowest BCUT2D eigenvalue weighted by Gasteiger charge is -2.32. The average molecular weight is 275 g/mol. The molecule has 0 aromatic heterocycles. The molecule has 1 aromatic rings. The van der Waals surface area contributed by atoms with Crippen LogP contribution in [0.4, 0.5) is 0 Å². The topological polar surface area (TPSA) is 58.4 Å². The summed E-state index contributed by atoms with van der Waals surface area (Å²) in [7, 11) is 0. The molecule has 1 heterocycles. The van der Waals surface area contributed by atoms with Gasteiger partial charge in [0.25, 0.3) is 0 Å². The number of rotatable bonds is 5. The molecule has 110 valence electrons. The van der Waals surface area contributed by atoms with Crippen LogP contribution in [0.25, 0.3) is 0 Å². The zero-order chi connectivity index (χ0) is 14.4. The highest BCUT2D eigenvalue weighted by atomic mass is 16.2. The van der Waals surface area contributed by atoms with E-state index in [-0.39, 0.29) is 18.0 Å². The predicted octanol–water partition coefficient (Wildman–Crippen LogP) is 1.50. The minimum absolute atomic E-state index is 0.00555. The van der Waals surface area contributed by atoms with Crippen LogP contribution in [0.3, 0.4) is 0 Å². The molecule has 20 heavy (non-hydrogen) atoms. The number of nitrogens with zero attached hydrogens (tertiary/aromatic N) is 1. The summed E-state index contributed by atoms with van der Waals surface area (Å²) < 4.78 is 0. The lowest BCUT2D eigenvalue weighted by Crippen LogP contribution is -2.49. The van der Waals surface area contributed by atoms with E-state index in [0.29, 0.717) is 6.42 Å². The summed E-state index contributed by atoms with van der Waals surface area (Å²) in [5.74, 6) is -0.00555. The third-order valence-electron chi connectivity index (χ3n) is 3.96. The van der Waals surface area contributed by atoms with E-state index in [2.05, 4.69) is 34.5 Å². The molecule has 1 amide bonds. The molecule has 4 nitrogen and oxygen atoms in total. The lowest BCUT2D eigenvalue weighted by molar-refractivity contribution is -0.123. The Morgan fingerprint density at radius 3 is 2.60 bits per heavy atom. The number of hydrogen-bond donors (Lipinski definition) is 2. The molecule has 0 unspecified atom stereocenters. The van der Waals surface area contributed by atoms with Gasteiger partial charge in [-0.15, -0.1) is 0 Å². The molecule has 1 fully saturated rings. The van der Waals surface area contributed by atoms with Crippen LogP contribution in [-0.4, -0.2) is 36.0 Å². The number of carbonyl (C=O) groups excluding carboxylic acids is 1. The van der Waals surface area contributed by atoms with Gasteiger partial charge in [-0.05, 0) is 24.8 Å². The van der Waals surface area contributed by atoms with E-state index in [4.69, 9.17) is 5.73 Å². The summed E-state index contributed by atoms with van der Waals surface area (Å²) in [5.41, 5.74) is 7.09. The predicted molar refractivity (Wildman–Crippen MR) is 81.2 cm³/mol. The molecule has 0 bridgehead atoms. The zero-order valence-electron chi connectivity index (χ0n) is 12.2. The zero-order valence-corrected chi connectivity index (χ0v) is 12.2. The fourth-order valence-corrected chi connectivity index (χ4v) is 2.57. The highest BCUT2D eigenvalue weighted by Crippen LogP contribution is 2.14. The first-order valence-electron chi connectivity index (χ1n) is 7.51. The van der Waals surface area contributed by atoms with Gasteiger partial charge >= 0.3 is 0 Å². The van der Waals surface area contributed by atoms with Crippen LogP contribution < -0.4 is 11.1 Å². The highest BCUT2D eigenvalue weighted by molar-refractivity contribution is 5.81. The van der Waals surface area contributed by atoms with Crippen molar-refractivity contribution < 1.29 is 4.79 Å². The van der Waals surface area contributed by atoms with E-state index in [1.165, 1.54) is 5.56 Å². The minimum atomic E-state index is -0.364. The minimum Gasteiger partial charge on any atom is -0.352 e. The summed E-state index contributed by atoms with van der Waals surface area (Å²) in [5, 5.41) is 3.06. The Balaban J connectivity index is 1.74. The van der Waals surface area contributed by atoms with Crippen molar-refractivity contribution >= 4 is 5.91 Å². The van der Waals surface area contributed by atoms with Crippen molar-refractivity contribution in [2.24, 2.45) is 5.73 Å². The molecular weight excluding hydrogens is 250 g/mol. The van der Waals surface area contributed by atoms with Gasteiger partial charge in [0.15, 0.2) is 0 Å².